The number of benzene rings is 1. The lowest BCUT2D eigenvalue weighted by Crippen LogP contribution is -1.98. The van der Waals surface area contributed by atoms with E-state index in [1.807, 2.05) is 24.3 Å². The van der Waals surface area contributed by atoms with E-state index in [4.69, 9.17) is 21.1 Å². The third-order valence-corrected chi connectivity index (χ3v) is 2.92. The van der Waals surface area contributed by atoms with Gasteiger partial charge in [0.25, 0.3) is 0 Å². The Kier molecular flexibility index (Phi) is 5.19. The van der Waals surface area contributed by atoms with Crippen LogP contribution in [-0.2, 0) is 17.8 Å². The second-order valence-corrected chi connectivity index (χ2v) is 4.58. The summed E-state index contributed by atoms with van der Waals surface area (Å²) in [6.45, 7) is 1.14. The van der Waals surface area contributed by atoms with E-state index in [-0.39, 0.29) is 0 Å². The number of ether oxygens (including phenoxy) is 2. The standard InChI is InChI=1S/C15H16ClNO2/c1-18-9-7-12-2-4-15(5-3-12)19-11-14-10-13(16)6-8-17-14/h2-6,8,10H,7,9,11H2,1H3. The maximum absolute atomic E-state index is 5.89. The minimum absolute atomic E-state index is 0.415. The van der Waals surface area contributed by atoms with Gasteiger partial charge in [0.1, 0.15) is 12.4 Å². The SMILES string of the molecule is COCCc1ccc(OCc2cc(Cl)ccn2)cc1. The van der Waals surface area contributed by atoms with Gasteiger partial charge in [0.2, 0.25) is 0 Å². The Labute approximate surface area is 118 Å². The minimum atomic E-state index is 0.415. The van der Waals surface area contributed by atoms with Crippen molar-refractivity contribution in [2.24, 2.45) is 0 Å². The molecule has 0 spiro atoms. The highest BCUT2D eigenvalue weighted by Crippen LogP contribution is 2.15. The summed E-state index contributed by atoms with van der Waals surface area (Å²) < 4.78 is 10.7. The maximum atomic E-state index is 5.89. The van der Waals surface area contributed by atoms with E-state index >= 15 is 0 Å². The van der Waals surface area contributed by atoms with E-state index in [9.17, 15) is 0 Å². The van der Waals surface area contributed by atoms with Gasteiger partial charge >= 0.3 is 0 Å². The lowest BCUT2D eigenvalue weighted by Gasteiger charge is -2.07. The highest BCUT2D eigenvalue weighted by molar-refractivity contribution is 6.30. The first-order valence-corrected chi connectivity index (χ1v) is 6.47. The van der Waals surface area contributed by atoms with Crippen LogP contribution in [0, 0.1) is 0 Å². The van der Waals surface area contributed by atoms with Crippen molar-refractivity contribution in [2.45, 2.75) is 13.0 Å². The van der Waals surface area contributed by atoms with Gasteiger partial charge in [-0.2, -0.15) is 0 Å². The van der Waals surface area contributed by atoms with Crippen molar-refractivity contribution in [2.75, 3.05) is 13.7 Å². The first-order chi connectivity index (χ1) is 9.28. The zero-order valence-corrected chi connectivity index (χ0v) is 11.6. The molecule has 1 heterocycles. The molecular formula is C15H16ClNO2. The number of hydrogen-bond donors (Lipinski definition) is 0. The monoisotopic (exact) mass is 277 g/mol. The zero-order chi connectivity index (χ0) is 13.5. The second-order valence-electron chi connectivity index (χ2n) is 4.14. The average molecular weight is 278 g/mol. The molecule has 0 bridgehead atoms. The molecule has 2 aromatic rings. The van der Waals surface area contributed by atoms with Gasteiger partial charge in [-0.25, -0.2) is 0 Å². The quantitative estimate of drug-likeness (QED) is 0.810. The fourth-order valence-corrected chi connectivity index (χ4v) is 1.84. The van der Waals surface area contributed by atoms with E-state index in [1.165, 1.54) is 5.56 Å². The zero-order valence-electron chi connectivity index (χ0n) is 10.8. The van der Waals surface area contributed by atoms with Gasteiger partial charge < -0.3 is 9.47 Å². The molecule has 4 heteroatoms. The Morgan fingerprint density at radius 2 is 1.95 bits per heavy atom. The van der Waals surface area contributed by atoms with Crippen molar-refractivity contribution in [1.82, 2.24) is 4.98 Å². The summed E-state index contributed by atoms with van der Waals surface area (Å²) in [5, 5.41) is 0.670. The van der Waals surface area contributed by atoms with Crippen LogP contribution in [0.3, 0.4) is 0 Å². The summed E-state index contributed by atoms with van der Waals surface area (Å²) in [4.78, 5) is 4.19. The number of aromatic nitrogens is 1. The number of halogens is 1. The molecule has 0 saturated heterocycles. The number of pyridine rings is 1. The van der Waals surface area contributed by atoms with Crippen molar-refractivity contribution in [3.05, 3.63) is 58.9 Å². The average Bonchev–Trinajstić information content (AvgIpc) is 2.44. The summed E-state index contributed by atoms with van der Waals surface area (Å²) in [6, 6.07) is 11.5. The van der Waals surface area contributed by atoms with Gasteiger partial charge in [-0.3, -0.25) is 4.98 Å². The molecule has 0 N–H and O–H groups in total. The molecule has 19 heavy (non-hydrogen) atoms. The van der Waals surface area contributed by atoms with Crippen LogP contribution in [-0.4, -0.2) is 18.7 Å². The van der Waals surface area contributed by atoms with Crippen molar-refractivity contribution in [3.8, 4) is 5.75 Å². The topological polar surface area (TPSA) is 31.4 Å². The summed E-state index contributed by atoms with van der Waals surface area (Å²) in [7, 11) is 1.70. The molecule has 1 aromatic heterocycles. The molecule has 0 aliphatic rings. The number of rotatable bonds is 6. The van der Waals surface area contributed by atoms with Crippen LogP contribution in [0.15, 0.2) is 42.6 Å². The Morgan fingerprint density at radius 1 is 1.16 bits per heavy atom. The van der Waals surface area contributed by atoms with Crippen LogP contribution in [0.4, 0.5) is 0 Å². The predicted octanol–water partition coefficient (Wildman–Crippen LogP) is 3.50. The lowest BCUT2D eigenvalue weighted by molar-refractivity contribution is 0.202. The number of methoxy groups -OCH3 is 1. The molecule has 0 fully saturated rings. The van der Waals surface area contributed by atoms with Crippen LogP contribution in [0.25, 0.3) is 0 Å². The summed E-state index contributed by atoms with van der Waals surface area (Å²) in [5.74, 6) is 0.822. The fraction of sp³-hybridized carbons (Fsp3) is 0.267. The number of hydrogen-bond acceptors (Lipinski definition) is 3. The summed E-state index contributed by atoms with van der Waals surface area (Å²) >= 11 is 5.89. The molecular weight excluding hydrogens is 262 g/mol. The van der Waals surface area contributed by atoms with Crippen molar-refractivity contribution in [1.29, 1.82) is 0 Å². The van der Waals surface area contributed by atoms with Crippen LogP contribution in [0.5, 0.6) is 5.75 Å². The minimum Gasteiger partial charge on any atom is -0.487 e. The largest absolute Gasteiger partial charge is 0.487 e. The summed E-state index contributed by atoms with van der Waals surface area (Å²) in [5.41, 5.74) is 2.05. The second kappa shape index (κ2) is 7.12. The Balaban J connectivity index is 1.89. The molecule has 0 atom stereocenters. The van der Waals surface area contributed by atoms with E-state index < -0.39 is 0 Å². The Morgan fingerprint density at radius 3 is 2.63 bits per heavy atom. The summed E-state index contributed by atoms with van der Waals surface area (Å²) in [6.07, 6.45) is 2.58. The van der Waals surface area contributed by atoms with E-state index in [0.29, 0.717) is 11.6 Å². The van der Waals surface area contributed by atoms with Gasteiger partial charge in [-0.15, -0.1) is 0 Å². The van der Waals surface area contributed by atoms with Gasteiger partial charge in [0.15, 0.2) is 0 Å². The lowest BCUT2D eigenvalue weighted by atomic mass is 10.1. The van der Waals surface area contributed by atoms with Gasteiger partial charge in [0.05, 0.1) is 12.3 Å². The maximum Gasteiger partial charge on any atom is 0.130 e. The van der Waals surface area contributed by atoms with Crippen LogP contribution in [0.2, 0.25) is 5.02 Å². The molecule has 0 aliphatic heterocycles. The van der Waals surface area contributed by atoms with Crippen molar-refractivity contribution < 1.29 is 9.47 Å². The van der Waals surface area contributed by atoms with E-state index in [1.54, 1.807) is 25.4 Å². The molecule has 0 radical (unpaired) electrons. The van der Waals surface area contributed by atoms with E-state index in [2.05, 4.69) is 4.98 Å². The fourth-order valence-electron chi connectivity index (χ4n) is 1.66. The first kappa shape index (κ1) is 13.8. The molecule has 0 saturated carbocycles. The molecule has 100 valence electrons. The third kappa shape index (κ3) is 4.54. The van der Waals surface area contributed by atoms with Gasteiger partial charge in [0, 0.05) is 18.3 Å². The van der Waals surface area contributed by atoms with Crippen LogP contribution >= 0.6 is 11.6 Å². The molecule has 2 rings (SSSR count). The van der Waals surface area contributed by atoms with Gasteiger partial charge in [-0.05, 0) is 36.2 Å². The molecule has 3 nitrogen and oxygen atoms in total. The smallest absolute Gasteiger partial charge is 0.130 e. The van der Waals surface area contributed by atoms with Gasteiger partial charge in [-0.1, -0.05) is 23.7 Å². The molecule has 0 aliphatic carbocycles. The number of nitrogens with zero attached hydrogens (tertiary/aromatic N) is 1. The third-order valence-electron chi connectivity index (χ3n) is 2.68. The Bertz CT molecular complexity index is 514. The normalized spacial score (nSPS) is 10.4. The Hall–Kier alpha value is -1.58. The van der Waals surface area contributed by atoms with Crippen LogP contribution < -0.4 is 4.74 Å². The predicted molar refractivity (Wildman–Crippen MR) is 75.6 cm³/mol. The van der Waals surface area contributed by atoms with Crippen molar-refractivity contribution in [3.63, 3.8) is 0 Å². The first-order valence-electron chi connectivity index (χ1n) is 6.09. The highest BCUT2D eigenvalue weighted by atomic mass is 35.5. The highest BCUT2D eigenvalue weighted by Gasteiger charge is 1.99. The van der Waals surface area contributed by atoms with E-state index in [0.717, 1.165) is 24.5 Å². The molecule has 0 unspecified atom stereocenters. The molecule has 0 amide bonds. The molecule has 1 aromatic carbocycles. The van der Waals surface area contributed by atoms with Crippen LogP contribution in [0.1, 0.15) is 11.3 Å². The van der Waals surface area contributed by atoms with Crippen molar-refractivity contribution >= 4 is 11.6 Å².